The van der Waals surface area contributed by atoms with E-state index in [1.165, 1.54) is 25.4 Å². The molecule has 0 spiro atoms. The molecule has 0 aromatic carbocycles. The summed E-state index contributed by atoms with van der Waals surface area (Å²) in [5.41, 5.74) is 2.41. The number of hydrogen-bond donors (Lipinski definition) is 1. The van der Waals surface area contributed by atoms with E-state index in [1.807, 2.05) is 13.8 Å². The molecule has 0 saturated carbocycles. The lowest BCUT2D eigenvalue weighted by Gasteiger charge is -2.25. The molecule has 3 rings (SSSR count). The molecule has 2 amide bonds. The Morgan fingerprint density at radius 1 is 1.37 bits per heavy atom. The van der Waals surface area contributed by atoms with Crippen LogP contribution in [0.3, 0.4) is 0 Å². The molecule has 2 aromatic rings. The summed E-state index contributed by atoms with van der Waals surface area (Å²) in [6, 6.07) is 1.71. The Morgan fingerprint density at radius 3 is 2.74 bits per heavy atom. The van der Waals surface area contributed by atoms with Gasteiger partial charge in [-0.05, 0) is 31.9 Å². The van der Waals surface area contributed by atoms with E-state index in [0.29, 0.717) is 42.3 Å². The summed E-state index contributed by atoms with van der Waals surface area (Å²) in [6.07, 6.45) is 0.553. The van der Waals surface area contributed by atoms with Gasteiger partial charge in [-0.15, -0.1) is 11.3 Å². The van der Waals surface area contributed by atoms with Gasteiger partial charge in [0.25, 0.3) is 5.91 Å². The van der Waals surface area contributed by atoms with Crippen molar-refractivity contribution in [3.05, 3.63) is 33.5 Å². The van der Waals surface area contributed by atoms with Gasteiger partial charge in [0, 0.05) is 24.9 Å². The molecule has 0 unspecified atom stereocenters. The number of amides is 2. The van der Waals surface area contributed by atoms with E-state index < -0.39 is 5.97 Å². The number of carbonyl (C=O) groups excluding carboxylic acids is 3. The highest BCUT2D eigenvalue weighted by Gasteiger charge is 2.30. The summed E-state index contributed by atoms with van der Waals surface area (Å²) in [5, 5.41) is 7.58. The second-order valence-electron chi connectivity index (χ2n) is 6.33. The number of rotatable bonds is 4. The molecule has 1 aliphatic heterocycles. The SMILES string of the molecule is CCn1nc(C)cc1C(=O)Nc1sc2c(c1C(=O)OC)CCN(C(C)=O)C2. The van der Waals surface area contributed by atoms with E-state index in [4.69, 9.17) is 4.74 Å². The minimum Gasteiger partial charge on any atom is -0.465 e. The van der Waals surface area contributed by atoms with Crippen molar-refractivity contribution in [3.63, 3.8) is 0 Å². The first-order valence-corrected chi connectivity index (χ1v) is 9.51. The number of fused-ring (bicyclic) bond motifs is 1. The zero-order valence-electron chi connectivity index (χ0n) is 15.8. The third-order valence-corrected chi connectivity index (χ3v) is 5.69. The van der Waals surface area contributed by atoms with Crippen molar-refractivity contribution in [2.75, 3.05) is 19.0 Å². The number of methoxy groups -OCH3 is 1. The van der Waals surface area contributed by atoms with Gasteiger partial charge in [0.2, 0.25) is 5.91 Å². The molecule has 0 bridgehead atoms. The maximum absolute atomic E-state index is 12.8. The Bertz CT molecular complexity index is 915. The number of carbonyl (C=O) groups is 3. The van der Waals surface area contributed by atoms with Crippen molar-refractivity contribution in [2.45, 2.75) is 40.3 Å². The molecule has 0 fully saturated rings. The second kappa shape index (κ2) is 7.51. The first-order chi connectivity index (χ1) is 12.8. The normalized spacial score (nSPS) is 13.3. The highest BCUT2D eigenvalue weighted by Crippen LogP contribution is 2.37. The standard InChI is InChI=1S/C18H22N4O4S/c1-5-22-13(8-10(2)20-22)16(24)19-17-15(18(25)26-4)12-6-7-21(11(3)23)9-14(12)27-17/h8H,5-7,9H2,1-4H3,(H,19,24). The highest BCUT2D eigenvalue weighted by molar-refractivity contribution is 7.17. The van der Waals surface area contributed by atoms with Gasteiger partial charge in [-0.3, -0.25) is 14.3 Å². The fraction of sp³-hybridized carbons (Fsp3) is 0.444. The Kier molecular flexibility index (Phi) is 5.31. The van der Waals surface area contributed by atoms with Crippen LogP contribution in [-0.4, -0.2) is 46.1 Å². The van der Waals surface area contributed by atoms with Crippen LogP contribution in [0.5, 0.6) is 0 Å². The molecule has 1 N–H and O–H groups in total. The molecule has 27 heavy (non-hydrogen) atoms. The van der Waals surface area contributed by atoms with E-state index in [-0.39, 0.29) is 11.8 Å². The Balaban J connectivity index is 1.96. The monoisotopic (exact) mass is 390 g/mol. The van der Waals surface area contributed by atoms with Crippen LogP contribution in [0.1, 0.15) is 50.8 Å². The minimum atomic E-state index is -0.487. The molecule has 1 aliphatic rings. The fourth-order valence-electron chi connectivity index (χ4n) is 3.21. The van der Waals surface area contributed by atoms with Crippen molar-refractivity contribution >= 4 is 34.1 Å². The van der Waals surface area contributed by atoms with Crippen LogP contribution in [0, 0.1) is 6.92 Å². The van der Waals surface area contributed by atoms with Crippen molar-refractivity contribution in [1.82, 2.24) is 14.7 Å². The quantitative estimate of drug-likeness (QED) is 0.808. The molecule has 9 heteroatoms. The number of nitrogens with one attached hydrogen (secondary N) is 1. The number of hydrogen-bond acceptors (Lipinski definition) is 6. The molecule has 8 nitrogen and oxygen atoms in total. The lowest BCUT2D eigenvalue weighted by atomic mass is 10.0. The third-order valence-electron chi connectivity index (χ3n) is 4.55. The van der Waals surface area contributed by atoms with E-state index >= 15 is 0 Å². The summed E-state index contributed by atoms with van der Waals surface area (Å²) >= 11 is 1.31. The maximum atomic E-state index is 12.8. The summed E-state index contributed by atoms with van der Waals surface area (Å²) < 4.78 is 6.55. The average molecular weight is 390 g/mol. The minimum absolute atomic E-state index is 0.0124. The van der Waals surface area contributed by atoms with E-state index in [1.54, 1.807) is 15.6 Å². The van der Waals surface area contributed by atoms with Crippen LogP contribution in [0.25, 0.3) is 0 Å². The van der Waals surface area contributed by atoms with E-state index in [2.05, 4.69) is 10.4 Å². The lowest BCUT2D eigenvalue weighted by molar-refractivity contribution is -0.129. The summed E-state index contributed by atoms with van der Waals surface area (Å²) in [4.78, 5) is 39.4. The predicted molar refractivity (Wildman–Crippen MR) is 101 cm³/mol. The molecule has 144 valence electrons. The summed E-state index contributed by atoms with van der Waals surface area (Å²) in [5.74, 6) is -0.828. The number of esters is 1. The third kappa shape index (κ3) is 3.59. The van der Waals surface area contributed by atoms with Gasteiger partial charge in [0.1, 0.15) is 10.7 Å². The number of thiophene rings is 1. The summed E-state index contributed by atoms with van der Waals surface area (Å²) in [6.45, 7) is 6.79. The van der Waals surface area contributed by atoms with Crippen molar-refractivity contribution in [3.8, 4) is 0 Å². The predicted octanol–water partition coefficient (Wildman–Crippen LogP) is 2.22. The number of nitrogens with zero attached hydrogens (tertiary/aromatic N) is 3. The molecule has 0 aliphatic carbocycles. The molecule has 0 radical (unpaired) electrons. The van der Waals surface area contributed by atoms with E-state index in [0.717, 1.165) is 16.1 Å². The van der Waals surface area contributed by atoms with E-state index in [9.17, 15) is 14.4 Å². The van der Waals surface area contributed by atoms with Crippen molar-refractivity contribution in [1.29, 1.82) is 0 Å². The van der Waals surface area contributed by atoms with Gasteiger partial charge in [0.15, 0.2) is 0 Å². The zero-order valence-corrected chi connectivity index (χ0v) is 16.6. The summed E-state index contributed by atoms with van der Waals surface area (Å²) in [7, 11) is 1.32. The fourth-order valence-corrected chi connectivity index (χ4v) is 4.46. The van der Waals surface area contributed by atoms with Gasteiger partial charge in [-0.1, -0.05) is 0 Å². The average Bonchev–Trinajstić information content (AvgIpc) is 3.19. The van der Waals surface area contributed by atoms with Crippen molar-refractivity contribution < 1.29 is 19.1 Å². The molecule has 3 heterocycles. The second-order valence-corrected chi connectivity index (χ2v) is 7.44. The smallest absolute Gasteiger partial charge is 0.341 e. The van der Waals surface area contributed by atoms with Crippen LogP contribution in [0.4, 0.5) is 5.00 Å². The topological polar surface area (TPSA) is 93.5 Å². The van der Waals surface area contributed by atoms with Crippen LogP contribution in [-0.2, 0) is 29.0 Å². The molecule has 0 atom stereocenters. The van der Waals surface area contributed by atoms with Crippen LogP contribution in [0.2, 0.25) is 0 Å². The highest BCUT2D eigenvalue weighted by atomic mass is 32.1. The largest absolute Gasteiger partial charge is 0.465 e. The first kappa shape index (κ1) is 19.1. The Morgan fingerprint density at radius 2 is 2.11 bits per heavy atom. The van der Waals surface area contributed by atoms with Gasteiger partial charge in [-0.2, -0.15) is 5.10 Å². The van der Waals surface area contributed by atoms with Gasteiger partial charge in [-0.25, -0.2) is 4.79 Å². The number of aryl methyl sites for hydroxylation is 2. The number of anilines is 1. The molecular weight excluding hydrogens is 368 g/mol. The van der Waals surface area contributed by atoms with Crippen LogP contribution >= 0.6 is 11.3 Å². The number of ether oxygens (including phenoxy) is 1. The lowest BCUT2D eigenvalue weighted by Crippen LogP contribution is -2.33. The van der Waals surface area contributed by atoms with Gasteiger partial charge in [0.05, 0.1) is 24.9 Å². The Hall–Kier alpha value is -2.68. The molecular formula is C18H22N4O4S. The van der Waals surface area contributed by atoms with Crippen LogP contribution in [0.15, 0.2) is 6.07 Å². The first-order valence-electron chi connectivity index (χ1n) is 8.69. The Labute approximate surface area is 161 Å². The van der Waals surface area contributed by atoms with Gasteiger partial charge >= 0.3 is 5.97 Å². The van der Waals surface area contributed by atoms with Crippen LogP contribution < -0.4 is 5.32 Å². The maximum Gasteiger partial charge on any atom is 0.341 e. The molecule has 2 aromatic heterocycles. The van der Waals surface area contributed by atoms with Gasteiger partial charge < -0.3 is 15.0 Å². The molecule has 0 saturated heterocycles. The zero-order chi connectivity index (χ0) is 19.7. The van der Waals surface area contributed by atoms with Crippen molar-refractivity contribution in [2.24, 2.45) is 0 Å². The number of aromatic nitrogens is 2.